The average molecular weight is 949 g/mol. The van der Waals surface area contributed by atoms with Gasteiger partial charge >= 0.3 is 12.1 Å². The van der Waals surface area contributed by atoms with Gasteiger partial charge in [0.25, 0.3) is 0 Å². The molecule has 70 heavy (non-hydrogen) atoms. The van der Waals surface area contributed by atoms with Crippen LogP contribution in [0.1, 0.15) is 55.4 Å². The number of alkyl carbamates (subject to hydrolysis) is 1. The molecular formula is C58H52N4O7S. The van der Waals surface area contributed by atoms with E-state index in [4.69, 9.17) is 14.2 Å². The van der Waals surface area contributed by atoms with Crippen molar-refractivity contribution in [2.24, 2.45) is 0 Å². The van der Waals surface area contributed by atoms with Gasteiger partial charge in [0.1, 0.15) is 25.1 Å². The highest BCUT2D eigenvalue weighted by Crippen LogP contribution is 2.49. The predicted molar refractivity (Wildman–Crippen MR) is 273 cm³/mol. The Morgan fingerprint density at radius 2 is 1.29 bits per heavy atom. The first kappa shape index (κ1) is 47.1. The first-order chi connectivity index (χ1) is 34.3. The number of aromatic carboxylic acids is 1. The van der Waals surface area contributed by atoms with Crippen LogP contribution in [-0.2, 0) is 38.8 Å². The molecule has 7 aromatic carbocycles. The van der Waals surface area contributed by atoms with Crippen LogP contribution in [0.5, 0.6) is 5.75 Å². The van der Waals surface area contributed by atoms with Gasteiger partial charge in [-0.2, -0.15) is 0 Å². The molecule has 0 fully saturated rings. The zero-order valence-corrected chi connectivity index (χ0v) is 39.4. The van der Waals surface area contributed by atoms with Gasteiger partial charge in [-0.05, 0) is 80.9 Å². The minimum absolute atomic E-state index is 0.0212. The molecule has 0 radical (unpaired) electrons. The van der Waals surface area contributed by atoms with Crippen LogP contribution in [0.15, 0.2) is 201 Å². The van der Waals surface area contributed by atoms with Crippen LogP contribution in [0.4, 0.5) is 10.5 Å². The van der Waals surface area contributed by atoms with Gasteiger partial charge in [0.2, 0.25) is 5.91 Å². The van der Waals surface area contributed by atoms with E-state index >= 15 is 4.79 Å². The third-order valence-corrected chi connectivity index (χ3v) is 14.1. The summed E-state index contributed by atoms with van der Waals surface area (Å²) < 4.78 is 18.4. The smallest absolute Gasteiger partial charge is 0.407 e. The number of nitrogens with one attached hydrogen (secondary N) is 1. The number of nitrogens with zero attached hydrogens (tertiary/aromatic N) is 3. The fourth-order valence-corrected chi connectivity index (χ4v) is 10.7. The fourth-order valence-electron chi connectivity index (χ4n) is 9.16. The van der Waals surface area contributed by atoms with E-state index in [-0.39, 0.29) is 37.8 Å². The molecule has 0 bridgehead atoms. The maximum Gasteiger partial charge on any atom is 0.407 e. The summed E-state index contributed by atoms with van der Waals surface area (Å²) in [5.41, 5.74) is 9.60. The Labute approximate surface area is 411 Å². The third kappa shape index (κ3) is 10.5. The molecule has 8 aromatic rings. The molecule has 1 aliphatic carbocycles. The van der Waals surface area contributed by atoms with Gasteiger partial charge in [-0.15, -0.1) is 11.8 Å². The Kier molecular flexibility index (Phi) is 14.8. The molecule has 12 heteroatoms. The number of hydrogen-bond acceptors (Lipinski definition) is 8. The Morgan fingerprint density at radius 1 is 0.729 bits per heavy atom. The van der Waals surface area contributed by atoms with Gasteiger partial charge < -0.3 is 34.1 Å². The van der Waals surface area contributed by atoms with Gasteiger partial charge in [0.05, 0.1) is 36.0 Å². The first-order valence-corrected chi connectivity index (χ1v) is 24.1. The number of imidazole rings is 1. The fraction of sp³-hybridized carbons (Fsp3) is 0.172. The molecule has 1 atom stereocenters. The quantitative estimate of drug-likeness (QED) is 0.0717. The van der Waals surface area contributed by atoms with Gasteiger partial charge in [-0.25, -0.2) is 14.6 Å². The second kappa shape index (κ2) is 22.0. The summed E-state index contributed by atoms with van der Waals surface area (Å²) in [5.74, 6) is -0.513. The highest BCUT2D eigenvalue weighted by molar-refractivity contribution is 8.00. The molecule has 11 nitrogen and oxygen atoms in total. The minimum Gasteiger partial charge on any atom is -0.497 e. The summed E-state index contributed by atoms with van der Waals surface area (Å²) in [6.07, 6.45) is 2.69. The summed E-state index contributed by atoms with van der Waals surface area (Å²) in [7, 11) is 1.62. The number of ether oxygens (including phenoxy) is 3. The molecule has 352 valence electrons. The summed E-state index contributed by atoms with van der Waals surface area (Å²) in [6, 6.07) is 59.9. The molecule has 0 aliphatic heterocycles. The van der Waals surface area contributed by atoms with Crippen molar-refractivity contribution in [2.75, 3.05) is 30.9 Å². The Bertz CT molecular complexity index is 2880. The second-order valence-electron chi connectivity index (χ2n) is 16.9. The number of hydrogen-bond donors (Lipinski definition) is 2. The maximum absolute atomic E-state index is 15.4. The Balaban J connectivity index is 1.01. The Morgan fingerprint density at radius 3 is 1.84 bits per heavy atom. The van der Waals surface area contributed by atoms with Crippen molar-refractivity contribution in [3.8, 4) is 16.9 Å². The summed E-state index contributed by atoms with van der Waals surface area (Å²) in [4.78, 5) is 47.8. The monoisotopic (exact) mass is 948 g/mol. The molecular weight excluding hydrogens is 897 g/mol. The van der Waals surface area contributed by atoms with E-state index in [1.807, 2.05) is 103 Å². The number of carbonyl (C=O) groups excluding carboxylic acids is 2. The number of methoxy groups -OCH3 is 1. The van der Waals surface area contributed by atoms with Crippen LogP contribution in [-0.4, -0.2) is 64.7 Å². The number of benzene rings is 7. The lowest BCUT2D eigenvalue weighted by molar-refractivity contribution is -0.120. The SMILES string of the molecule is COc1ccc(COCn2cnc(C[C@H](NC(=O)OCC3c4ccccc4-c4ccccc43)C(=O)N(CCSC(c3ccccc3)(c3ccccc3)c3ccccc3)c3ccc(C(=O)O)cc3)c2)cc1. The van der Waals surface area contributed by atoms with E-state index in [1.54, 1.807) is 53.0 Å². The van der Waals surface area contributed by atoms with Crippen molar-refractivity contribution in [1.29, 1.82) is 0 Å². The number of rotatable bonds is 20. The summed E-state index contributed by atoms with van der Waals surface area (Å²) in [5, 5.41) is 12.8. The van der Waals surface area contributed by atoms with Crippen LogP contribution in [0, 0.1) is 0 Å². The van der Waals surface area contributed by atoms with Gasteiger partial charge in [-0.1, -0.05) is 152 Å². The van der Waals surface area contributed by atoms with Gasteiger partial charge in [0.15, 0.2) is 0 Å². The van der Waals surface area contributed by atoms with Crippen LogP contribution >= 0.6 is 11.8 Å². The van der Waals surface area contributed by atoms with Gasteiger partial charge in [0, 0.05) is 36.5 Å². The van der Waals surface area contributed by atoms with E-state index < -0.39 is 28.8 Å². The lowest BCUT2D eigenvalue weighted by Crippen LogP contribution is -2.51. The van der Waals surface area contributed by atoms with E-state index in [0.717, 1.165) is 50.3 Å². The van der Waals surface area contributed by atoms with Crippen molar-refractivity contribution in [3.63, 3.8) is 0 Å². The lowest BCUT2D eigenvalue weighted by Gasteiger charge is -2.36. The number of carboxylic acid groups (broad SMARTS) is 1. The van der Waals surface area contributed by atoms with Crippen molar-refractivity contribution in [1.82, 2.24) is 14.9 Å². The highest BCUT2D eigenvalue weighted by atomic mass is 32.2. The molecule has 0 unspecified atom stereocenters. The van der Waals surface area contributed by atoms with E-state index in [2.05, 4.69) is 71.0 Å². The van der Waals surface area contributed by atoms with Gasteiger partial charge in [-0.3, -0.25) is 4.79 Å². The number of carboxylic acids is 1. The van der Waals surface area contributed by atoms with E-state index in [0.29, 0.717) is 23.7 Å². The Hall–Kier alpha value is -7.93. The number of thioether (sulfide) groups is 1. The summed E-state index contributed by atoms with van der Waals surface area (Å²) in [6.45, 7) is 0.803. The van der Waals surface area contributed by atoms with Crippen LogP contribution in [0.25, 0.3) is 11.1 Å². The molecule has 1 aromatic heterocycles. The molecule has 9 rings (SSSR count). The first-order valence-electron chi connectivity index (χ1n) is 23.1. The van der Waals surface area contributed by atoms with Crippen LogP contribution < -0.4 is 15.0 Å². The van der Waals surface area contributed by atoms with Crippen LogP contribution in [0.2, 0.25) is 0 Å². The number of amides is 2. The average Bonchev–Trinajstić information content (AvgIpc) is 4.00. The number of fused-ring (bicyclic) bond motifs is 3. The second-order valence-corrected chi connectivity index (χ2v) is 18.2. The molecule has 1 aliphatic rings. The highest BCUT2D eigenvalue weighted by Gasteiger charge is 2.38. The topological polar surface area (TPSA) is 132 Å². The van der Waals surface area contributed by atoms with Crippen molar-refractivity contribution < 1.29 is 33.7 Å². The largest absolute Gasteiger partial charge is 0.497 e. The van der Waals surface area contributed by atoms with Crippen molar-refractivity contribution in [2.45, 2.75) is 36.5 Å². The van der Waals surface area contributed by atoms with E-state index in [1.165, 1.54) is 12.1 Å². The minimum atomic E-state index is -1.15. The van der Waals surface area contributed by atoms with Crippen molar-refractivity contribution >= 4 is 35.4 Å². The number of carbonyl (C=O) groups is 3. The zero-order chi connectivity index (χ0) is 48.3. The maximum atomic E-state index is 15.4. The number of aromatic nitrogens is 2. The predicted octanol–water partition coefficient (Wildman–Crippen LogP) is 11.0. The van der Waals surface area contributed by atoms with Crippen molar-refractivity contribution in [3.05, 3.63) is 245 Å². The molecule has 2 N–H and O–H groups in total. The molecule has 1 heterocycles. The van der Waals surface area contributed by atoms with Crippen LogP contribution in [0.3, 0.4) is 0 Å². The summed E-state index contributed by atoms with van der Waals surface area (Å²) >= 11 is 1.69. The standard InChI is InChI=1S/C58H52N4O7S/c1-67-48-31-25-41(26-32-48)37-68-40-61-36-46(59-39-61)35-54(60-57(66)69-38-53-51-23-13-11-21-49(51)50-22-12-14-24-52(50)53)55(63)62(47-29-27-42(28-30-47)56(64)65)33-34-70-58(43-15-5-2-6-16-43,44-17-7-3-8-18-44)45-19-9-4-10-20-45/h2-32,36,39,53-54H,33-35,37-38,40H2,1H3,(H,60,66)(H,64,65)/t54-/m0/s1. The van der Waals surface area contributed by atoms with E-state index in [9.17, 15) is 14.7 Å². The zero-order valence-electron chi connectivity index (χ0n) is 38.6. The molecule has 0 saturated heterocycles. The third-order valence-electron chi connectivity index (χ3n) is 12.6. The molecule has 0 saturated carbocycles. The molecule has 2 amide bonds. The normalized spacial score (nSPS) is 12.4. The molecule has 0 spiro atoms. The number of anilines is 1. The lowest BCUT2D eigenvalue weighted by atomic mass is 9.84.